The molecule has 8 heteroatoms. The molecule has 2 saturated heterocycles. The highest BCUT2D eigenvalue weighted by atomic mass is 19.1. The molecule has 0 aliphatic carbocycles. The van der Waals surface area contributed by atoms with Crippen molar-refractivity contribution in [1.82, 2.24) is 19.8 Å². The Balaban J connectivity index is 1.33. The molecule has 0 unspecified atom stereocenters. The Morgan fingerprint density at radius 1 is 1.19 bits per heavy atom. The first-order valence-corrected chi connectivity index (χ1v) is 11.6. The molecule has 0 spiro atoms. The predicted octanol–water partition coefficient (Wildman–Crippen LogP) is 2.35. The Labute approximate surface area is 186 Å². The van der Waals surface area contributed by atoms with E-state index in [4.69, 9.17) is 9.72 Å². The van der Waals surface area contributed by atoms with Gasteiger partial charge in [0.25, 0.3) is 5.56 Å². The third-order valence-corrected chi connectivity index (χ3v) is 7.01. The second-order valence-electron chi connectivity index (χ2n) is 8.95. The van der Waals surface area contributed by atoms with E-state index in [1.165, 1.54) is 6.07 Å². The number of aromatic amines is 1. The normalized spacial score (nSPS) is 22.2. The van der Waals surface area contributed by atoms with Crippen LogP contribution in [0, 0.1) is 5.82 Å². The minimum absolute atomic E-state index is 0.0123. The van der Waals surface area contributed by atoms with Crippen molar-refractivity contribution in [3.05, 3.63) is 63.1 Å². The number of fused-ring (bicyclic) bond motifs is 1. The fourth-order valence-electron chi connectivity index (χ4n) is 5.24. The number of rotatable bonds is 4. The Morgan fingerprint density at radius 2 is 2.00 bits per heavy atom. The second-order valence-corrected chi connectivity index (χ2v) is 8.95. The zero-order chi connectivity index (χ0) is 22.1. The van der Waals surface area contributed by atoms with Crippen LogP contribution >= 0.6 is 0 Å². The Morgan fingerprint density at radius 3 is 2.81 bits per heavy atom. The van der Waals surface area contributed by atoms with E-state index in [0.717, 1.165) is 63.1 Å². The van der Waals surface area contributed by atoms with Gasteiger partial charge < -0.3 is 14.6 Å². The van der Waals surface area contributed by atoms with E-state index in [0.29, 0.717) is 30.5 Å². The molecule has 3 aliphatic rings. The summed E-state index contributed by atoms with van der Waals surface area (Å²) in [6, 6.07) is 6.56. The van der Waals surface area contributed by atoms with Gasteiger partial charge in [-0.3, -0.25) is 14.5 Å². The molecule has 170 valence electrons. The van der Waals surface area contributed by atoms with Crippen molar-refractivity contribution in [2.24, 2.45) is 0 Å². The fraction of sp³-hybridized carbons (Fsp3) is 0.542. The first kappa shape index (κ1) is 21.3. The van der Waals surface area contributed by atoms with Crippen LogP contribution in [0.3, 0.4) is 0 Å². The second kappa shape index (κ2) is 9.11. The highest BCUT2D eigenvalue weighted by molar-refractivity contribution is 5.79. The maximum atomic E-state index is 14.0. The molecule has 0 bridgehead atoms. The topological polar surface area (TPSA) is 78.5 Å². The van der Waals surface area contributed by atoms with Gasteiger partial charge in [-0.2, -0.15) is 0 Å². The third-order valence-electron chi connectivity index (χ3n) is 7.01. The van der Waals surface area contributed by atoms with E-state index < -0.39 is 0 Å². The summed E-state index contributed by atoms with van der Waals surface area (Å²) in [5.41, 5.74) is 1.88. The minimum Gasteiger partial charge on any atom is -0.381 e. The number of halogens is 1. The number of carbonyl (C=O) groups excluding carboxylic acids is 1. The van der Waals surface area contributed by atoms with E-state index in [1.54, 1.807) is 23.1 Å². The Bertz CT molecular complexity index is 1050. The van der Waals surface area contributed by atoms with E-state index in [-0.39, 0.29) is 29.7 Å². The molecule has 7 nitrogen and oxygen atoms in total. The molecule has 0 saturated carbocycles. The van der Waals surface area contributed by atoms with Crippen molar-refractivity contribution in [1.29, 1.82) is 0 Å². The number of benzene rings is 1. The molecule has 1 aromatic carbocycles. The zero-order valence-electron chi connectivity index (χ0n) is 18.2. The van der Waals surface area contributed by atoms with E-state index >= 15 is 0 Å². The van der Waals surface area contributed by atoms with E-state index in [1.807, 2.05) is 0 Å². The first-order chi connectivity index (χ1) is 15.6. The molecule has 32 heavy (non-hydrogen) atoms. The van der Waals surface area contributed by atoms with Gasteiger partial charge in [-0.1, -0.05) is 18.2 Å². The molecule has 4 heterocycles. The van der Waals surface area contributed by atoms with Gasteiger partial charge in [-0.25, -0.2) is 9.37 Å². The summed E-state index contributed by atoms with van der Waals surface area (Å²) in [4.78, 5) is 37.9. The third kappa shape index (κ3) is 4.21. The monoisotopic (exact) mass is 440 g/mol. The number of hydrogen-bond acceptors (Lipinski definition) is 5. The molecule has 1 N–H and O–H groups in total. The smallest absolute Gasteiger partial charge is 0.255 e. The predicted molar refractivity (Wildman–Crippen MR) is 117 cm³/mol. The van der Waals surface area contributed by atoms with Crippen molar-refractivity contribution in [3.63, 3.8) is 0 Å². The first-order valence-electron chi connectivity index (χ1n) is 11.6. The number of likely N-dealkylation sites (tertiary alicyclic amines) is 1. The van der Waals surface area contributed by atoms with Crippen molar-refractivity contribution in [2.75, 3.05) is 26.3 Å². The van der Waals surface area contributed by atoms with Gasteiger partial charge in [0.05, 0.1) is 23.7 Å². The number of nitrogens with zero attached hydrogens (tertiary/aromatic N) is 3. The minimum atomic E-state index is -0.369. The van der Waals surface area contributed by atoms with Gasteiger partial charge in [0.2, 0.25) is 5.91 Å². The van der Waals surface area contributed by atoms with E-state index in [2.05, 4.69) is 9.88 Å². The molecule has 5 rings (SSSR count). The summed E-state index contributed by atoms with van der Waals surface area (Å²) < 4.78 is 19.5. The zero-order valence-corrected chi connectivity index (χ0v) is 18.2. The number of hydrogen-bond donors (Lipinski definition) is 1. The van der Waals surface area contributed by atoms with Crippen LogP contribution in [0.2, 0.25) is 0 Å². The summed E-state index contributed by atoms with van der Waals surface area (Å²) >= 11 is 0. The van der Waals surface area contributed by atoms with Crippen LogP contribution in [-0.2, 0) is 28.9 Å². The number of H-pyrrole nitrogens is 1. The van der Waals surface area contributed by atoms with Crippen molar-refractivity contribution in [3.8, 4) is 0 Å². The van der Waals surface area contributed by atoms with Crippen molar-refractivity contribution < 1.29 is 13.9 Å². The van der Waals surface area contributed by atoms with Crippen LogP contribution < -0.4 is 5.56 Å². The van der Waals surface area contributed by atoms with Crippen molar-refractivity contribution in [2.45, 2.75) is 57.2 Å². The van der Waals surface area contributed by atoms with Gasteiger partial charge in [0.15, 0.2) is 0 Å². The maximum Gasteiger partial charge on any atom is 0.255 e. The highest BCUT2D eigenvalue weighted by Crippen LogP contribution is 2.31. The average molecular weight is 441 g/mol. The summed E-state index contributed by atoms with van der Waals surface area (Å²) in [6.07, 6.45) is 4.34. The SMILES string of the molecule is O=C(Cc1ccccc1F)N1CCC[C@@H]1c1nc2c(c(=O)[nH]1)CN(C1CCOCC1)CC2. The Hall–Kier alpha value is -2.58. The van der Waals surface area contributed by atoms with Crippen LogP contribution in [0.25, 0.3) is 0 Å². The van der Waals surface area contributed by atoms with Gasteiger partial charge in [-0.15, -0.1) is 0 Å². The number of nitrogens with one attached hydrogen (secondary N) is 1. The Kier molecular flexibility index (Phi) is 6.06. The number of carbonyl (C=O) groups is 1. The number of aromatic nitrogens is 2. The maximum absolute atomic E-state index is 14.0. The lowest BCUT2D eigenvalue weighted by atomic mass is 10.0. The van der Waals surface area contributed by atoms with Gasteiger partial charge >= 0.3 is 0 Å². The molecule has 1 atom stereocenters. The number of ether oxygens (including phenoxy) is 1. The molecule has 1 amide bonds. The largest absolute Gasteiger partial charge is 0.381 e. The summed E-state index contributed by atoms with van der Waals surface area (Å²) in [5.74, 6) is 0.0577. The summed E-state index contributed by atoms with van der Waals surface area (Å²) in [6.45, 7) is 3.65. The molecule has 1 aromatic heterocycles. The van der Waals surface area contributed by atoms with Crippen LogP contribution in [0.5, 0.6) is 0 Å². The number of amides is 1. The highest BCUT2D eigenvalue weighted by Gasteiger charge is 2.34. The standard InChI is InChI=1S/C24H29FN4O3/c25-19-5-2-1-4-16(19)14-22(30)29-10-3-6-21(29)23-26-20-7-11-28(15-18(20)24(31)27-23)17-8-12-32-13-9-17/h1-2,4-5,17,21H,3,6-15H2,(H,26,27,31)/t21-/m1/s1. The van der Waals surface area contributed by atoms with Crippen LogP contribution in [0.4, 0.5) is 4.39 Å². The summed E-state index contributed by atoms with van der Waals surface area (Å²) in [7, 11) is 0. The molecule has 2 fully saturated rings. The van der Waals surface area contributed by atoms with E-state index in [9.17, 15) is 14.0 Å². The summed E-state index contributed by atoms with van der Waals surface area (Å²) in [5, 5.41) is 0. The molecule has 0 radical (unpaired) electrons. The lowest BCUT2D eigenvalue weighted by Gasteiger charge is -2.37. The van der Waals surface area contributed by atoms with Crippen LogP contribution in [-0.4, -0.2) is 58.0 Å². The van der Waals surface area contributed by atoms with Crippen LogP contribution in [0.15, 0.2) is 29.1 Å². The van der Waals surface area contributed by atoms with Crippen molar-refractivity contribution >= 4 is 5.91 Å². The van der Waals surface area contributed by atoms with Gasteiger partial charge in [-0.05, 0) is 37.3 Å². The quantitative estimate of drug-likeness (QED) is 0.790. The lowest BCUT2D eigenvalue weighted by molar-refractivity contribution is -0.131. The fourth-order valence-corrected chi connectivity index (χ4v) is 5.24. The molecule has 3 aliphatic heterocycles. The molecule has 2 aromatic rings. The van der Waals surface area contributed by atoms with Crippen LogP contribution in [0.1, 0.15) is 54.4 Å². The average Bonchev–Trinajstić information content (AvgIpc) is 3.31. The van der Waals surface area contributed by atoms with Gasteiger partial charge in [0, 0.05) is 45.3 Å². The molecular formula is C24H29FN4O3. The lowest BCUT2D eigenvalue weighted by Crippen LogP contribution is -2.44. The van der Waals surface area contributed by atoms with Gasteiger partial charge in [0.1, 0.15) is 11.6 Å². The molecular weight excluding hydrogens is 411 g/mol.